The maximum absolute atomic E-state index is 12.7. The molecule has 0 bridgehead atoms. The van der Waals surface area contributed by atoms with Crippen LogP contribution in [0.5, 0.6) is 0 Å². The number of carbonyl (C=O) groups excluding carboxylic acids is 1. The van der Waals surface area contributed by atoms with E-state index in [4.69, 9.17) is 4.74 Å². The van der Waals surface area contributed by atoms with Crippen LogP contribution < -0.4 is 0 Å². The summed E-state index contributed by atoms with van der Waals surface area (Å²) in [7, 11) is 0. The minimum atomic E-state index is -4.63. The lowest BCUT2D eigenvalue weighted by Crippen LogP contribution is -2.15. The third-order valence-corrected chi connectivity index (χ3v) is 2.63. The van der Waals surface area contributed by atoms with E-state index in [0.29, 0.717) is 5.56 Å². The molecule has 0 fully saturated rings. The second-order valence-electron chi connectivity index (χ2n) is 4.05. The van der Waals surface area contributed by atoms with E-state index in [2.05, 4.69) is 9.97 Å². The number of alkyl halides is 3. The van der Waals surface area contributed by atoms with Crippen molar-refractivity contribution in [3.8, 4) is 11.1 Å². The standard InChI is InChI=1S/C14H11F3N2O2/c1-2-21-13(20)12-10(9-4-3-7-18-8-9)5-6-11(19-12)14(15,16)17/h3-8H,2H2,1H3. The Morgan fingerprint density at radius 3 is 2.62 bits per heavy atom. The minimum Gasteiger partial charge on any atom is -0.461 e. The van der Waals surface area contributed by atoms with Gasteiger partial charge in [-0.2, -0.15) is 13.2 Å². The van der Waals surface area contributed by atoms with E-state index in [0.717, 1.165) is 6.07 Å². The van der Waals surface area contributed by atoms with Crippen LogP contribution in [0.25, 0.3) is 11.1 Å². The van der Waals surface area contributed by atoms with Gasteiger partial charge in [0.25, 0.3) is 0 Å². The van der Waals surface area contributed by atoms with E-state index in [9.17, 15) is 18.0 Å². The van der Waals surface area contributed by atoms with E-state index < -0.39 is 17.8 Å². The third-order valence-electron chi connectivity index (χ3n) is 2.63. The molecule has 0 aliphatic heterocycles. The van der Waals surface area contributed by atoms with Crippen LogP contribution in [0.4, 0.5) is 13.2 Å². The molecule has 0 N–H and O–H groups in total. The maximum atomic E-state index is 12.7. The second-order valence-corrected chi connectivity index (χ2v) is 4.05. The number of hydrogen-bond donors (Lipinski definition) is 0. The van der Waals surface area contributed by atoms with Gasteiger partial charge < -0.3 is 4.74 Å². The van der Waals surface area contributed by atoms with Gasteiger partial charge in [0.05, 0.1) is 6.61 Å². The largest absolute Gasteiger partial charge is 0.461 e. The number of aromatic nitrogens is 2. The van der Waals surface area contributed by atoms with Gasteiger partial charge in [-0.3, -0.25) is 4.98 Å². The van der Waals surface area contributed by atoms with Crippen molar-refractivity contribution in [2.45, 2.75) is 13.1 Å². The molecule has 0 aromatic carbocycles. The van der Waals surface area contributed by atoms with Crippen molar-refractivity contribution < 1.29 is 22.7 Å². The van der Waals surface area contributed by atoms with Crippen molar-refractivity contribution in [3.05, 3.63) is 48.0 Å². The van der Waals surface area contributed by atoms with Crippen LogP contribution >= 0.6 is 0 Å². The molecule has 7 heteroatoms. The molecule has 0 atom stereocenters. The molecular formula is C14H11F3N2O2. The molecule has 0 unspecified atom stereocenters. The fourth-order valence-corrected chi connectivity index (χ4v) is 1.73. The van der Waals surface area contributed by atoms with Crippen molar-refractivity contribution in [3.63, 3.8) is 0 Å². The summed E-state index contributed by atoms with van der Waals surface area (Å²) in [5.74, 6) is -0.901. The molecule has 0 saturated carbocycles. The van der Waals surface area contributed by atoms with Crippen molar-refractivity contribution in [2.24, 2.45) is 0 Å². The molecule has 2 heterocycles. The Labute approximate surface area is 118 Å². The van der Waals surface area contributed by atoms with Crippen LogP contribution in [0.3, 0.4) is 0 Å². The summed E-state index contributed by atoms with van der Waals surface area (Å²) in [5.41, 5.74) is -0.783. The molecule has 21 heavy (non-hydrogen) atoms. The zero-order valence-corrected chi connectivity index (χ0v) is 11.0. The number of ether oxygens (including phenoxy) is 1. The Kier molecular flexibility index (Phi) is 4.21. The first kappa shape index (κ1) is 15.0. The van der Waals surface area contributed by atoms with Crippen molar-refractivity contribution in [1.82, 2.24) is 9.97 Å². The molecule has 0 spiro atoms. The van der Waals surface area contributed by atoms with Crippen LogP contribution in [-0.2, 0) is 10.9 Å². The average molecular weight is 296 g/mol. The van der Waals surface area contributed by atoms with Gasteiger partial charge in [-0.05, 0) is 25.1 Å². The van der Waals surface area contributed by atoms with E-state index in [-0.39, 0.29) is 17.9 Å². The summed E-state index contributed by atoms with van der Waals surface area (Å²) >= 11 is 0. The Balaban J connectivity index is 2.57. The van der Waals surface area contributed by atoms with E-state index in [1.807, 2.05) is 0 Å². The van der Waals surface area contributed by atoms with Gasteiger partial charge in [-0.15, -0.1) is 0 Å². The van der Waals surface area contributed by atoms with E-state index in [1.54, 1.807) is 19.1 Å². The zero-order chi connectivity index (χ0) is 15.5. The minimum absolute atomic E-state index is 0.0449. The van der Waals surface area contributed by atoms with Crippen LogP contribution in [0, 0.1) is 0 Å². The summed E-state index contributed by atoms with van der Waals surface area (Å²) < 4.78 is 42.9. The van der Waals surface area contributed by atoms with Gasteiger partial charge >= 0.3 is 12.1 Å². The number of esters is 1. The number of pyridine rings is 2. The highest BCUT2D eigenvalue weighted by molar-refractivity contribution is 5.95. The predicted molar refractivity (Wildman–Crippen MR) is 68.4 cm³/mol. The van der Waals surface area contributed by atoms with E-state index >= 15 is 0 Å². The Morgan fingerprint density at radius 1 is 1.29 bits per heavy atom. The van der Waals surface area contributed by atoms with Crippen molar-refractivity contribution in [1.29, 1.82) is 0 Å². The average Bonchev–Trinajstić information content (AvgIpc) is 2.47. The molecule has 2 rings (SSSR count). The van der Waals surface area contributed by atoms with Crippen molar-refractivity contribution in [2.75, 3.05) is 6.61 Å². The summed E-state index contributed by atoms with van der Waals surface area (Å²) in [4.78, 5) is 19.1. The highest BCUT2D eigenvalue weighted by atomic mass is 19.4. The number of carbonyl (C=O) groups is 1. The van der Waals surface area contributed by atoms with Gasteiger partial charge in [-0.1, -0.05) is 6.07 Å². The topological polar surface area (TPSA) is 52.1 Å². The number of nitrogens with zero attached hydrogens (tertiary/aromatic N) is 2. The smallest absolute Gasteiger partial charge is 0.433 e. The summed E-state index contributed by atoms with van der Waals surface area (Å²) in [6.07, 6.45) is -1.67. The molecule has 0 aliphatic carbocycles. The number of rotatable bonds is 3. The number of halogens is 3. The number of hydrogen-bond acceptors (Lipinski definition) is 4. The van der Waals surface area contributed by atoms with Gasteiger partial charge in [0.2, 0.25) is 0 Å². The highest BCUT2D eigenvalue weighted by Gasteiger charge is 2.34. The molecule has 110 valence electrons. The maximum Gasteiger partial charge on any atom is 0.433 e. The quantitative estimate of drug-likeness (QED) is 0.815. The highest BCUT2D eigenvalue weighted by Crippen LogP contribution is 2.31. The first-order chi connectivity index (χ1) is 9.93. The lowest BCUT2D eigenvalue weighted by molar-refractivity contribution is -0.141. The second kappa shape index (κ2) is 5.90. The first-order valence-electron chi connectivity index (χ1n) is 6.09. The summed E-state index contributed by atoms with van der Waals surface area (Å²) in [6.45, 7) is 1.61. The fraction of sp³-hybridized carbons (Fsp3) is 0.214. The Morgan fingerprint density at radius 2 is 2.05 bits per heavy atom. The fourth-order valence-electron chi connectivity index (χ4n) is 1.73. The normalized spacial score (nSPS) is 11.2. The molecule has 0 saturated heterocycles. The molecular weight excluding hydrogens is 285 g/mol. The lowest BCUT2D eigenvalue weighted by atomic mass is 10.1. The molecule has 2 aromatic heterocycles. The van der Waals surface area contributed by atoms with Gasteiger partial charge in [0.1, 0.15) is 5.69 Å². The molecule has 0 aliphatic rings. The van der Waals surface area contributed by atoms with E-state index in [1.165, 1.54) is 18.5 Å². The Bertz CT molecular complexity index is 642. The Hall–Kier alpha value is -2.44. The molecule has 2 aromatic rings. The zero-order valence-electron chi connectivity index (χ0n) is 11.0. The van der Waals surface area contributed by atoms with Crippen LogP contribution in [-0.4, -0.2) is 22.5 Å². The van der Waals surface area contributed by atoms with Gasteiger partial charge in [0.15, 0.2) is 5.69 Å². The van der Waals surface area contributed by atoms with Gasteiger partial charge in [-0.25, -0.2) is 9.78 Å². The molecule has 0 amide bonds. The van der Waals surface area contributed by atoms with Crippen LogP contribution in [0.15, 0.2) is 36.7 Å². The third kappa shape index (κ3) is 3.36. The van der Waals surface area contributed by atoms with Gasteiger partial charge in [0, 0.05) is 23.5 Å². The van der Waals surface area contributed by atoms with Crippen LogP contribution in [0.1, 0.15) is 23.1 Å². The summed E-state index contributed by atoms with van der Waals surface area (Å²) in [6, 6.07) is 5.26. The molecule has 4 nitrogen and oxygen atoms in total. The SMILES string of the molecule is CCOC(=O)c1nc(C(F)(F)F)ccc1-c1cccnc1. The first-order valence-corrected chi connectivity index (χ1v) is 6.09. The molecule has 0 radical (unpaired) electrons. The predicted octanol–water partition coefficient (Wildman–Crippen LogP) is 3.34. The monoisotopic (exact) mass is 296 g/mol. The van der Waals surface area contributed by atoms with Crippen molar-refractivity contribution >= 4 is 5.97 Å². The lowest BCUT2D eigenvalue weighted by Gasteiger charge is -2.11. The van der Waals surface area contributed by atoms with Crippen LogP contribution in [0.2, 0.25) is 0 Å². The summed E-state index contributed by atoms with van der Waals surface area (Å²) in [5, 5.41) is 0.